The monoisotopic (exact) mass is 451 g/mol. The maximum atomic E-state index is 6.57. The fraction of sp³-hybridized carbons (Fsp3) is 0.250. The quantitative estimate of drug-likeness (QED) is 0.258. The summed E-state index contributed by atoms with van der Waals surface area (Å²) in [7, 11) is 0. The lowest BCUT2D eigenvalue weighted by atomic mass is 9.37. The van der Waals surface area contributed by atoms with Crippen LogP contribution in [0.1, 0.15) is 45.1 Å². The van der Waals surface area contributed by atoms with Crippen molar-refractivity contribution < 1.29 is 4.42 Å². The number of furan rings is 1. The lowest BCUT2D eigenvalue weighted by Gasteiger charge is -2.51. The Bertz CT molecular complexity index is 1770. The van der Waals surface area contributed by atoms with Crippen LogP contribution in [-0.4, -0.2) is 12.3 Å². The first-order valence-corrected chi connectivity index (χ1v) is 13.1. The topological polar surface area (TPSA) is 16.4 Å². The predicted molar refractivity (Wildman–Crippen MR) is 147 cm³/mol. The van der Waals surface area contributed by atoms with E-state index in [4.69, 9.17) is 4.42 Å². The van der Waals surface area contributed by atoms with Gasteiger partial charge in [0.1, 0.15) is 11.2 Å². The van der Waals surface area contributed by atoms with E-state index in [0.29, 0.717) is 0 Å². The smallest absolute Gasteiger partial charge is 0.248 e. The molecule has 9 rings (SSSR count). The number of para-hydroxylation sites is 2. The molecule has 1 fully saturated rings. The number of nitrogens with zero attached hydrogens (tertiary/aromatic N) is 1. The molecule has 35 heavy (non-hydrogen) atoms. The van der Waals surface area contributed by atoms with Crippen LogP contribution in [-0.2, 0) is 5.41 Å². The number of anilines is 2. The molecule has 5 aromatic rings. The summed E-state index contributed by atoms with van der Waals surface area (Å²) in [6.07, 6.45) is 5.15. The highest BCUT2D eigenvalue weighted by Gasteiger charge is 2.61. The van der Waals surface area contributed by atoms with E-state index >= 15 is 0 Å². The standard InChI is InChI=1S/C32H26BNO/c1-31-17-5-6-18-32(31,2)34-25-13-7-10-21-27-23(33(28(21)25)24-12-8-11-22(31)29(24)34)16-15-20-19-9-3-4-14-26(19)35-30(20)27/h3-4,7-16H,5-6,17-18H2,1-2H3. The first-order chi connectivity index (χ1) is 17.1. The molecule has 1 aliphatic carbocycles. The summed E-state index contributed by atoms with van der Waals surface area (Å²) < 4.78 is 6.57. The molecule has 0 spiro atoms. The molecule has 1 saturated carbocycles. The van der Waals surface area contributed by atoms with Crippen LogP contribution in [0.3, 0.4) is 0 Å². The molecule has 2 nitrogen and oxygen atoms in total. The Morgan fingerprint density at radius 3 is 2.60 bits per heavy atom. The Morgan fingerprint density at radius 1 is 0.800 bits per heavy atom. The summed E-state index contributed by atoms with van der Waals surface area (Å²) in [5.74, 6) is 0. The molecule has 4 heterocycles. The van der Waals surface area contributed by atoms with Crippen molar-refractivity contribution in [1.82, 2.24) is 0 Å². The fourth-order valence-corrected chi connectivity index (χ4v) is 8.47. The maximum absolute atomic E-state index is 6.57. The second kappa shape index (κ2) is 5.84. The number of hydrogen-bond acceptors (Lipinski definition) is 2. The molecular formula is C32H26BNO. The third kappa shape index (κ3) is 1.90. The van der Waals surface area contributed by atoms with Crippen molar-refractivity contribution in [3.05, 3.63) is 78.4 Å². The lowest BCUT2D eigenvalue weighted by molar-refractivity contribution is 0.195. The summed E-state index contributed by atoms with van der Waals surface area (Å²) in [6.45, 7) is 5.35. The largest absolute Gasteiger partial charge is 0.455 e. The van der Waals surface area contributed by atoms with Crippen LogP contribution in [0.5, 0.6) is 0 Å². The van der Waals surface area contributed by atoms with Gasteiger partial charge in [-0.05, 0) is 54.0 Å². The molecule has 1 aromatic heterocycles. The molecule has 3 heteroatoms. The molecule has 0 amide bonds. The van der Waals surface area contributed by atoms with Crippen molar-refractivity contribution in [3.63, 3.8) is 0 Å². The molecule has 0 saturated heterocycles. The summed E-state index contributed by atoms with van der Waals surface area (Å²) in [5, 5.41) is 2.43. The van der Waals surface area contributed by atoms with Crippen LogP contribution >= 0.6 is 0 Å². The molecule has 3 aliphatic heterocycles. The second-order valence-corrected chi connectivity index (χ2v) is 11.6. The Kier molecular flexibility index (Phi) is 3.14. The third-order valence-corrected chi connectivity index (χ3v) is 10.2. The minimum Gasteiger partial charge on any atom is -0.455 e. The minimum atomic E-state index is 0.104. The van der Waals surface area contributed by atoms with Gasteiger partial charge in [-0.3, -0.25) is 0 Å². The fourth-order valence-electron chi connectivity index (χ4n) is 8.47. The van der Waals surface area contributed by atoms with Gasteiger partial charge in [-0.15, -0.1) is 0 Å². The summed E-state index contributed by atoms with van der Waals surface area (Å²) in [4.78, 5) is 2.77. The van der Waals surface area contributed by atoms with Crippen LogP contribution in [0.15, 0.2) is 77.2 Å². The van der Waals surface area contributed by atoms with E-state index in [0.717, 1.165) is 11.2 Å². The number of hydrogen-bond donors (Lipinski definition) is 0. The lowest BCUT2D eigenvalue weighted by Crippen LogP contribution is -2.60. The molecule has 0 N–H and O–H groups in total. The SMILES string of the molecule is CC12CCCCC1(C)N1c3cccc4c3B(c3cccc2c31)c1ccc2c(oc3ccccc32)c1-4. The summed E-state index contributed by atoms with van der Waals surface area (Å²) >= 11 is 0. The zero-order valence-electron chi connectivity index (χ0n) is 20.2. The Morgan fingerprint density at radius 2 is 1.66 bits per heavy atom. The van der Waals surface area contributed by atoms with Gasteiger partial charge < -0.3 is 9.32 Å². The van der Waals surface area contributed by atoms with Crippen LogP contribution in [0.4, 0.5) is 11.4 Å². The highest BCUT2D eigenvalue weighted by Crippen LogP contribution is 2.61. The minimum absolute atomic E-state index is 0.104. The van der Waals surface area contributed by atoms with Crippen molar-refractivity contribution in [2.75, 3.05) is 4.90 Å². The molecule has 2 atom stereocenters. The highest BCUT2D eigenvalue weighted by atomic mass is 16.3. The van der Waals surface area contributed by atoms with Gasteiger partial charge in [0.05, 0.1) is 5.54 Å². The van der Waals surface area contributed by atoms with E-state index in [1.165, 1.54) is 75.3 Å². The average Bonchev–Trinajstić information content (AvgIpc) is 3.49. The van der Waals surface area contributed by atoms with Crippen molar-refractivity contribution in [2.24, 2.45) is 0 Å². The van der Waals surface area contributed by atoms with Gasteiger partial charge in [-0.1, -0.05) is 85.9 Å². The first-order valence-electron chi connectivity index (χ1n) is 13.1. The van der Waals surface area contributed by atoms with Crippen LogP contribution < -0.4 is 21.3 Å². The van der Waals surface area contributed by atoms with E-state index in [9.17, 15) is 0 Å². The second-order valence-electron chi connectivity index (χ2n) is 11.6. The van der Waals surface area contributed by atoms with E-state index in [1.54, 1.807) is 5.56 Å². The summed E-state index contributed by atoms with van der Waals surface area (Å²) in [6, 6.07) is 27.3. The van der Waals surface area contributed by atoms with Crippen molar-refractivity contribution in [2.45, 2.75) is 50.5 Å². The van der Waals surface area contributed by atoms with Gasteiger partial charge >= 0.3 is 0 Å². The molecule has 4 aliphatic rings. The van der Waals surface area contributed by atoms with E-state index in [1.807, 2.05) is 0 Å². The predicted octanol–water partition coefficient (Wildman–Crippen LogP) is 6.14. The van der Waals surface area contributed by atoms with Gasteiger partial charge in [-0.2, -0.15) is 0 Å². The van der Waals surface area contributed by atoms with Crippen molar-refractivity contribution in [1.29, 1.82) is 0 Å². The van der Waals surface area contributed by atoms with Gasteiger partial charge in [0, 0.05) is 33.1 Å². The van der Waals surface area contributed by atoms with Crippen LogP contribution in [0.25, 0.3) is 33.1 Å². The van der Waals surface area contributed by atoms with Crippen molar-refractivity contribution >= 4 is 56.4 Å². The van der Waals surface area contributed by atoms with Crippen molar-refractivity contribution in [3.8, 4) is 11.1 Å². The Hall–Kier alpha value is -3.46. The maximum Gasteiger partial charge on any atom is 0.248 e. The average molecular weight is 451 g/mol. The third-order valence-electron chi connectivity index (χ3n) is 10.2. The van der Waals surface area contributed by atoms with Crippen LogP contribution in [0.2, 0.25) is 0 Å². The molecule has 168 valence electrons. The van der Waals surface area contributed by atoms with Gasteiger partial charge in [0.25, 0.3) is 0 Å². The number of fused-ring (bicyclic) bond motifs is 12. The number of rotatable bonds is 0. The normalized spacial score (nSPS) is 25.1. The molecule has 0 radical (unpaired) electrons. The zero-order valence-corrected chi connectivity index (χ0v) is 20.2. The molecular weight excluding hydrogens is 425 g/mol. The van der Waals surface area contributed by atoms with E-state index < -0.39 is 0 Å². The van der Waals surface area contributed by atoms with Gasteiger partial charge in [-0.25, -0.2) is 0 Å². The molecule has 4 aromatic carbocycles. The van der Waals surface area contributed by atoms with Gasteiger partial charge in [0.15, 0.2) is 0 Å². The first kappa shape index (κ1) is 18.8. The Balaban J connectivity index is 1.43. The Labute approximate surface area is 205 Å². The highest BCUT2D eigenvalue weighted by molar-refractivity contribution is 7.01. The molecule has 0 bridgehead atoms. The zero-order chi connectivity index (χ0) is 23.1. The number of benzene rings is 4. The van der Waals surface area contributed by atoms with E-state index in [2.05, 4.69) is 91.5 Å². The van der Waals surface area contributed by atoms with Crippen LogP contribution in [0, 0.1) is 0 Å². The molecule has 2 unspecified atom stereocenters. The van der Waals surface area contributed by atoms with Gasteiger partial charge in [0.2, 0.25) is 6.71 Å². The summed E-state index contributed by atoms with van der Waals surface area (Å²) in [5.41, 5.74) is 13.8. The van der Waals surface area contributed by atoms with E-state index in [-0.39, 0.29) is 17.7 Å².